The predicted octanol–water partition coefficient (Wildman–Crippen LogP) is 4.95. The van der Waals surface area contributed by atoms with Gasteiger partial charge in [0.1, 0.15) is 0 Å². The summed E-state index contributed by atoms with van der Waals surface area (Å²) in [7, 11) is 1.65. The van der Waals surface area contributed by atoms with Crippen molar-refractivity contribution in [3.05, 3.63) is 22.7 Å². The van der Waals surface area contributed by atoms with Gasteiger partial charge in [0.25, 0.3) is 0 Å². The molecule has 0 atom stereocenters. The molecule has 0 radical (unpaired) electrons. The Balaban J connectivity index is 2.03. The molecule has 0 spiro atoms. The highest BCUT2D eigenvalue weighted by Crippen LogP contribution is 2.37. The van der Waals surface area contributed by atoms with E-state index in [1.807, 2.05) is 26.0 Å². The molecule has 1 aromatic carbocycles. The largest absolute Gasteiger partial charge is 0.493 e. The molecule has 0 aliphatic heterocycles. The summed E-state index contributed by atoms with van der Waals surface area (Å²) in [5, 5.41) is 4.28. The lowest BCUT2D eigenvalue weighted by atomic mass is 10.1. The minimum absolute atomic E-state index is 0.0707. The molecular formula is C18H28ClNO2. The third-order valence-corrected chi connectivity index (χ3v) is 4.37. The van der Waals surface area contributed by atoms with E-state index in [1.165, 1.54) is 38.5 Å². The normalized spacial score (nSPS) is 16.6. The summed E-state index contributed by atoms with van der Waals surface area (Å²) in [6.07, 6.45) is 8.05. The molecule has 0 unspecified atom stereocenters. The van der Waals surface area contributed by atoms with Crippen molar-refractivity contribution in [2.24, 2.45) is 0 Å². The topological polar surface area (TPSA) is 30.5 Å². The Kier molecular flexibility index (Phi) is 6.84. The standard InChI is InChI=1S/C18H28ClNO2/c1-13(2)22-18-16(19)10-14(11-17(18)21-3)12-20-15-8-6-4-5-7-9-15/h10-11,13,15,20H,4-9,12H2,1-3H3. The van der Waals surface area contributed by atoms with Crippen molar-refractivity contribution in [2.45, 2.75) is 71.1 Å². The van der Waals surface area contributed by atoms with Crippen LogP contribution in [0.5, 0.6) is 11.5 Å². The number of halogens is 1. The second-order valence-corrected chi connectivity index (χ2v) is 6.75. The molecule has 0 aromatic heterocycles. The van der Waals surface area contributed by atoms with Crippen LogP contribution in [-0.2, 0) is 6.54 Å². The van der Waals surface area contributed by atoms with Gasteiger partial charge >= 0.3 is 0 Å². The Bertz CT molecular complexity index is 468. The summed E-state index contributed by atoms with van der Waals surface area (Å²) in [6, 6.07) is 4.62. The fourth-order valence-electron chi connectivity index (χ4n) is 2.97. The molecule has 4 heteroatoms. The number of benzene rings is 1. The van der Waals surface area contributed by atoms with Gasteiger partial charge in [0.05, 0.1) is 18.2 Å². The van der Waals surface area contributed by atoms with Gasteiger partial charge in [-0.2, -0.15) is 0 Å². The summed E-state index contributed by atoms with van der Waals surface area (Å²) in [5.74, 6) is 1.34. The summed E-state index contributed by atoms with van der Waals surface area (Å²) in [6.45, 7) is 4.79. The zero-order valence-electron chi connectivity index (χ0n) is 14.0. The first-order chi connectivity index (χ1) is 10.6. The Labute approximate surface area is 139 Å². The van der Waals surface area contributed by atoms with Crippen LogP contribution in [0.15, 0.2) is 12.1 Å². The van der Waals surface area contributed by atoms with E-state index in [-0.39, 0.29) is 6.10 Å². The van der Waals surface area contributed by atoms with Crippen molar-refractivity contribution >= 4 is 11.6 Å². The van der Waals surface area contributed by atoms with Crippen molar-refractivity contribution in [3.8, 4) is 11.5 Å². The minimum Gasteiger partial charge on any atom is -0.493 e. The average molecular weight is 326 g/mol. The van der Waals surface area contributed by atoms with E-state index in [2.05, 4.69) is 5.32 Å². The average Bonchev–Trinajstić information content (AvgIpc) is 2.75. The third kappa shape index (κ3) is 5.06. The van der Waals surface area contributed by atoms with Gasteiger partial charge in [0, 0.05) is 12.6 Å². The van der Waals surface area contributed by atoms with Gasteiger partial charge in [-0.15, -0.1) is 0 Å². The highest BCUT2D eigenvalue weighted by molar-refractivity contribution is 6.32. The summed E-state index contributed by atoms with van der Waals surface area (Å²) >= 11 is 6.37. The number of rotatable bonds is 6. The lowest BCUT2D eigenvalue weighted by Crippen LogP contribution is -2.27. The van der Waals surface area contributed by atoms with Gasteiger partial charge in [-0.1, -0.05) is 37.3 Å². The molecule has 1 fully saturated rings. The van der Waals surface area contributed by atoms with Gasteiger partial charge in [-0.05, 0) is 44.4 Å². The fourth-order valence-corrected chi connectivity index (χ4v) is 3.25. The zero-order chi connectivity index (χ0) is 15.9. The fraction of sp³-hybridized carbons (Fsp3) is 0.667. The SMILES string of the molecule is COc1cc(CNC2CCCCCC2)cc(Cl)c1OC(C)C. The number of methoxy groups -OCH3 is 1. The van der Waals surface area contributed by atoms with Gasteiger partial charge in [0.2, 0.25) is 0 Å². The quantitative estimate of drug-likeness (QED) is 0.751. The Hall–Kier alpha value is -0.930. The van der Waals surface area contributed by atoms with Crippen LogP contribution in [0.3, 0.4) is 0 Å². The molecule has 0 heterocycles. The van der Waals surface area contributed by atoms with Crippen LogP contribution < -0.4 is 14.8 Å². The highest BCUT2D eigenvalue weighted by Gasteiger charge is 2.15. The molecule has 1 aliphatic rings. The van der Waals surface area contributed by atoms with Crippen LogP contribution in [0.2, 0.25) is 5.02 Å². The van der Waals surface area contributed by atoms with Gasteiger partial charge < -0.3 is 14.8 Å². The Morgan fingerprint density at radius 2 is 1.86 bits per heavy atom. The monoisotopic (exact) mass is 325 g/mol. The van der Waals surface area contributed by atoms with E-state index < -0.39 is 0 Å². The molecule has 2 rings (SSSR count). The molecule has 124 valence electrons. The van der Waals surface area contributed by atoms with E-state index >= 15 is 0 Å². The molecule has 1 aromatic rings. The molecule has 22 heavy (non-hydrogen) atoms. The molecule has 1 N–H and O–H groups in total. The van der Waals surface area contributed by atoms with Crippen molar-refractivity contribution in [2.75, 3.05) is 7.11 Å². The van der Waals surface area contributed by atoms with Crippen LogP contribution >= 0.6 is 11.6 Å². The highest BCUT2D eigenvalue weighted by atomic mass is 35.5. The molecule has 1 aliphatic carbocycles. The molecule has 0 amide bonds. The summed E-state index contributed by atoms with van der Waals surface area (Å²) in [5.41, 5.74) is 1.14. The number of nitrogens with one attached hydrogen (secondary N) is 1. The van der Waals surface area contributed by atoms with E-state index in [1.54, 1.807) is 7.11 Å². The maximum atomic E-state index is 6.37. The van der Waals surface area contributed by atoms with E-state index in [0.29, 0.717) is 22.6 Å². The van der Waals surface area contributed by atoms with Crippen LogP contribution in [-0.4, -0.2) is 19.3 Å². The van der Waals surface area contributed by atoms with Crippen molar-refractivity contribution in [1.82, 2.24) is 5.32 Å². The minimum atomic E-state index is 0.0707. The second-order valence-electron chi connectivity index (χ2n) is 6.35. The maximum Gasteiger partial charge on any atom is 0.180 e. The van der Waals surface area contributed by atoms with Gasteiger partial charge in [0.15, 0.2) is 11.5 Å². The third-order valence-electron chi connectivity index (χ3n) is 4.09. The first kappa shape index (κ1) is 17.4. The molecule has 3 nitrogen and oxygen atoms in total. The molecule has 0 bridgehead atoms. The molecule has 1 saturated carbocycles. The number of hydrogen-bond donors (Lipinski definition) is 1. The lowest BCUT2D eigenvalue weighted by molar-refractivity contribution is 0.230. The van der Waals surface area contributed by atoms with Gasteiger partial charge in [-0.25, -0.2) is 0 Å². The van der Waals surface area contributed by atoms with Crippen LogP contribution in [0.4, 0.5) is 0 Å². The number of ether oxygens (including phenoxy) is 2. The lowest BCUT2D eigenvalue weighted by Gasteiger charge is -2.19. The van der Waals surface area contributed by atoms with Crippen molar-refractivity contribution in [1.29, 1.82) is 0 Å². The number of hydrogen-bond acceptors (Lipinski definition) is 3. The van der Waals surface area contributed by atoms with E-state index in [0.717, 1.165) is 12.1 Å². The van der Waals surface area contributed by atoms with E-state index in [4.69, 9.17) is 21.1 Å². The van der Waals surface area contributed by atoms with Crippen LogP contribution in [0.1, 0.15) is 57.9 Å². The van der Waals surface area contributed by atoms with Crippen molar-refractivity contribution in [3.63, 3.8) is 0 Å². The first-order valence-electron chi connectivity index (χ1n) is 8.36. The van der Waals surface area contributed by atoms with Crippen LogP contribution in [0.25, 0.3) is 0 Å². The maximum absolute atomic E-state index is 6.37. The predicted molar refractivity (Wildman–Crippen MR) is 92.1 cm³/mol. The van der Waals surface area contributed by atoms with Crippen LogP contribution in [0, 0.1) is 0 Å². The first-order valence-corrected chi connectivity index (χ1v) is 8.74. The molecular weight excluding hydrogens is 298 g/mol. The van der Waals surface area contributed by atoms with E-state index in [9.17, 15) is 0 Å². The Morgan fingerprint density at radius 1 is 1.18 bits per heavy atom. The van der Waals surface area contributed by atoms with Gasteiger partial charge in [-0.3, -0.25) is 0 Å². The van der Waals surface area contributed by atoms with Crippen molar-refractivity contribution < 1.29 is 9.47 Å². The molecule has 0 saturated heterocycles. The zero-order valence-corrected chi connectivity index (χ0v) is 14.7. The smallest absolute Gasteiger partial charge is 0.180 e. The summed E-state index contributed by atoms with van der Waals surface area (Å²) < 4.78 is 11.2. The Morgan fingerprint density at radius 3 is 2.45 bits per heavy atom. The second kappa shape index (κ2) is 8.64. The summed E-state index contributed by atoms with van der Waals surface area (Å²) in [4.78, 5) is 0.